The summed E-state index contributed by atoms with van der Waals surface area (Å²) in [5.74, 6) is 1.14. The summed E-state index contributed by atoms with van der Waals surface area (Å²) >= 11 is 0. The van der Waals surface area contributed by atoms with Crippen molar-refractivity contribution in [3.05, 3.63) is 29.8 Å². The average Bonchev–Trinajstić information content (AvgIpc) is 2.40. The van der Waals surface area contributed by atoms with E-state index in [0.717, 1.165) is 37.4 Å². The van der Waals surface area contributed by atoms with E-state index >= 15 is 0 Å². The Hall–Kier alpha value is -1.06. The zero-order chi connectivity index (χ0) is 12.1. The highest BCUT2D eigenvalue weighted by Crippen LogP contribution is 2.31. The molecule has 2 rings (SSSR count). The van der Waals surface area contributed by atoms with E-state index in [-0.39, 0.29) is 0 Å². The van der Waals surface area contributed by atoms with E-state index < -0.39 is 6.10 Å². The Morgan fingerprint density at radius 1 is 1.41 bits per heavy atom. The van der Waals surface area contributed by atoms with E-state index in [2.05, 4.69) is 0 Å². The maximum atomic E-state index is 10.3. The molecule has 1 aromatic rings. The highest BCUT2D eigenvalue weighted by atomic mass is 16.5. The molecule has 1 atom stereocenters. The summed E-state index contributed by atoms with van der Waals surface area (Å²) in [5.41, 5.74) is 0.947. The van der Waals surface area contributed by atoms with Gasteiger partial charge in [-0.3, -0.25) is 0 Å². The van der Waals surface area contributed by atoms with Gasteiger partial charge in [-0.1, -0.05) is 12.1 Å². The van der Waals surface area contributed by atoms with Gasteiger partial charge in [0.25, 0.3) is 0 Å². The first-order chi connectivity index (χ1) is 8.31. The Bertz CT molecular complexity index is 345. The van der Waals surface area contributed by atoms with E-state index in [1.54, 1.807) is 0 Å². The fourth-order valence-corrected chi connectivity index (χ4v) is 2.26. The minimum atomic E-state index is -0.403. The molecule has 0 aliphatic carbocycles. The first kappa shape index (κ1) is 12.4. The predicted octanol–water partition coefficient (Wildman–Crippen LogP) is 2.55. The van der Waals surface area contributed by atoms with Crippen LogP contribution in [0.5, 0.6) is 5.75 Å². The largest absolute Gasteiger partial charge is 0.494 e. The fraction of sp³-hybridized carbons (Fsp3) is 0.571. The van der Waals surface area contributed by atoms with E-state index in [1.165, 1.54) is 0 Å². The maximum Gasteiger partial charge on any atom is 0.119 e. The van der Waals surface area contributed by atoms with Crippen LogP contribution in [0.3, 0.4) is 0 Å². The highest BCUT2D eigenvalue weighted by molar-refractivity contribution is 5.30. The molecule has 0 spiro atoms. The van der Waals surface area contributed by atoms with Crippen molar-refractivity contribution in [1.29, 1.82) is 0 Å². The van der Waals surface area contributed by atoms with Crippen LogP contribution in [-0.4, -0.2) is 24.9 Å². The number of rotatable bonds is 4. The Morgan fingerprint density at radius 3 is 2.88 bits per heavy atom. The lowest BCUT2D eigenvalue weighted by molar-refractivity contribution is 0.00711. The van der Waals surface area contributed by atoms with Crippen LogP contribution in [-0.2, 0) is 4.74 Å². The highest BCUT2D eigenvalue weighted by Gasteiger charge is 2.23. The summed E-state index contributed by atoms with van der Waals surface area (Å²) in [6.07, 6.45) is 1.46. The molecule has 1 N–H and O–H groups in total. The van der Waals surface area contributed by atoms with E-state index in [1.807, 2.05) is 31.2 Å². The van der Waals surface area contributed by atoms with Gasteiger partial charge in [0, 0.05) is 13.2 Å². The number of hydrogen-bond donors (Lipinski definition) is 1. The van der Waals surface area contributed by atoms with Crippen molar-refractivity contribution in [3.63, 3.8) is 0 Å². The fourth-order valence-electron chi connectivity index (χ4n) is 2.26. The Labute approximate surface area is 102 Å². The lowest BCUT2D eigenvalue weighted by atomic mass is 9.89. The van der Waals surface area contributed by atoms with Gasteiger partial charge in [-0.05, 0) is 43.4 Å². The molecular weight excluding hydrogens is 216 g/mol. The number of aliphatic hydroxyl groups is 1. The second kappa shape index (κ2) is 6.03. The van der Waals surface area contributed by atoms with Crippen LogP contribution in [0.25, 0.3) is 0 Å². The van der Waals surface area contributed by atoms with E-state index in [9.17, 15) is 5.11 Å². The van der Waals surface area contributed by atoms with Crippen molar-refractivity contribution in [2.45, 2.75) is 25.9 Å². The van der Waals surface area contributed by atoms with Crippen LogP contribution in [0, 0.1) is 5.92 Å². The molecule has 0 bridgehead atoms. The molecule has 1 unspecified atom stereocenters. The molecule has 1 aliphatic rings. The first-order valence-electron chi connectivity index (χ1n) is 6.30. The molecule has 0 aromatic heterocycles. The summed E-state index contributed by atoms with van der Waals surface area (Å²) < 4.78 is 10.8. The van der Waals surface area contributed by atoms with Gasteiger partial charge in [0.2, 0.25) is 0 Å². The summed E-state index contributed by atoms with van der Waals surface area (Å²) in [7, 11) is 0. The van der Waals surface area contributed by atoms with Gasteiger partial charge >= 0.3 is 0 Å². The molecule has 1 saturated heterocycles. The van der Waals surface area contributed by atoms with Crippen molar-refractivity contribution in [3.8, 4) is 5.75 Å². The first-order valence-corrected chi connectivity index (χ1v) is 6.30. The number of ether oxygens (including phenoxy) is 2. The van der Waals surface area contributed by atoms with Gasteiger partial charge in [0.1, 0.15) is 5.75 Å². The lowest BCUT2D eigenvalue weighted by Gasteiger charge is -2.27. The maximum absolute atomic E-state index is 10.3. The normalized spacial score (nSPS) is 18.9. The minimum absolute atomic E-state index is 0.306. The smallest absolute Gasteiger partial charge is 0.119 e. The predicted molar refractivity (Wildman–Crippen MR) is 66.1 cm³/mol. The second-order valence-electron chi connectivity index (χ2n) is 4.40. The van der Waals surface area contributed by atoms with Crippen molar-refractivity contribution in [2.75, 3.05) is 19.8 Å². The summed E-state index contributed by atoms with van der Waals surface area (Å²) in [5, 5.41) is 10.3. The molecule has 1 aliphatic heterocycles. The summed E-state index contributed by atoms with van der Waals surface area (Å²) in [6, 6.07) is 7.75. The third kappa shape index (κ3) is 3.20. The Balaban J connectivity index is 2.06. The van der Waals surface area contributed by atoms with E-state index in [4.69, 9.17) is 9.47 Å². The van der Waals surface area contributed by atoms with Crippen molar-refractivity contribution in [2.24, 2.45) is 5.92 Å². The monoisotopic (exact) mass is 236 g/mol. The van der Waals surface area contributed by atoms with Crippen LogP contribution >= 0.6 is 0 Å². The molecule has 1 aromatic carbocycles. The molecule has 3 heteroatoms. The van der Waals surface area contributed by atoms with E-state index in [0.29, 0.717) is 12.5 Å². The topological polar surface area (TPSA) is 38.7 Å². The van der Waals surface area contributed by atoms with Crippen LogP contribution in [0.15, 0.2) is 24.3 Å². The standard InChI is InChI=1S/C14H20O3/c1-2-17-13-5-3-4-12(10-13)14(15)11-6-8-16-9-7-11/h3-5,10-11,14-15H,2,6-9H2,1H3. The van der Waals surface area contributed by atoms with Gasteiger partial charge in [0.15, 0.2) is 0 Å². The molecular formula is C14H20O3. The Morgan fingerprint density at radius 2 is 2.18 bits per heavy atom. The third-order valence-electron chi connectivity index (χ3n) is 3.22. The van der Waals surface area contributed by atoms with Gasteiger partial charge < -0.3 is 14.6 Å². The van der Waals surface area contributed by atoms with Crippen molar-refractivity contribution in [1.82, 2.24) is 0 Å². The molecule has 3 nitrogen and oxygen atoms in total. The number of aliphatic hydroxyl groups excluding tert-OH is 1. The second-order valence-corrected chi connectivity index (χ2v) is 4.40. The number of benzene rings is 1. The molecule has 1 fully saturated rings. The SMILES string of the molecule is CCOc1cccc(C(O)C2CCOCC2)c1. The van der Waals surface area contributed by atoms with Crippen LogP contribution < -0.4 is 4.74 Å². The average molecular weight is 236 g/mol. The zero-order valence-electron chi connectivity index (χ0n) is 10.3. The van der Waals surface area contributed by atoms with Crippen molar-refractivity contribution < 1.29 is 14.6 Å². The Kier molecular flexibility index (Phi) is 4.40. The lowest BCUT2D eigenvalue weighted by Crippen LogP contribution is -2.21. The zero-order valence-corrected chi connectivity index (χ0v) is 10.3. The number of hydrogen-bond acceptors (Lipinski definition) is 3. The van der Waals surface area contributed by atoms with Crippen LogP contribution in [0.2, 0.25) is 0 Å². The molecule has 17 heavy (non-hydrogen) atoms. The summed E-state index contributed by atoms with van der Waals surface area (Å²) in [6.45, 7) is 4.12. The van der Waals surface area contributed by atoms with Crippen LogP contribution in [0.4, 0.5) is 0 Å². The molecule has 94 valence electrons. The van der Waals surface area contributed by atoms with Gasteiger partial charge in [-0.15, -0.1) is 0 Å². The van der Waals surface area contributed by atoms with Gasteiger partial charge in [-0.2, -0.15) is 0 Å². The molecule has 1 heterocycles. The van der Waals surface area contributed by atoms with Crippen molar-refractivity contribution >= 4 is 0 Å². The minimum Gasteiger partial charge on any atom is -0.494 e. The third-order valence-corrected chi connectivity index (χ3v) is 3.22. The molecule has 0 radical (unpaired) electrons. The summed E-state index contributed by atoms with van der Waals surface area (Å²) in [4.78, 5) is 0. The van der Waals surface area contributed by atoms with Crippen LogP contribution in [0.1, 0.15) is 31.4 Å². The van der Waals surface area contributed by atoms with Gasteiger partial charge in [-0.25, -0.2) is 0 Å². The van der Waals surface area contributed by atoms with Gasteiger partial charge in [0.05, 0.1) is 12.7 Å². The molecule has 0 saturated carbocycles. The molecule has 0 amide bonds. The quantitative estimate of drug-likeness (QED) is 0.873.